The van der Waals surface area contributed by atoms with E-state index >= 15 is 0 Å². The van der Waals surface area contributed by atoms with Gasteiger partial charge in [0.1, 0.15) is 21.6 Å². The standard InChI is InChI=1S/C21H13BrN4O4S/c1-10-5-14(16(26(28)29)6-11(10)2)17-4-3-13(30-17)8-18-20(27)25-19-15(24-21(25)31-18)7-12(22)9-23-19/h3-9H,1-2H3/b18-8-. The highest BCUT2D eigenvalue weighted by Gasteiger charge is 2.20. The molecule has 0 amide bonds. The molecule has 10 heteroatoms. The van der Waals surface area contributed by atoms with Crippen LogP contribution in [0.3, 0.4) is 0 Å². The molecule has 0 unspecified atom stereocenters. The molecule has 154 valence electrons. The normalized spacial score (nSPS) is 12.3. The average Bonchev–Trinajstić information content (AvgIpc) is 3.39. The number of furan rings is 1. The SMILES string of the molecule is Cc1cc(-c2ccc(/C=c3\sc4nc5cc(Br)cnc5n4c3=O)o2)c([N+](=O)[O-])cc1C. The van der Waals surface area contributed by atoms with Crippen LogP contribution in [0.4, 0.5) is 5.69 Å². The summed E-state index contributed by atoms with van der Waals surface area (Å²) in [5.41, 5.74) is 3.02. The fourth-order valence-corrected chi connectivity index (χ4v) is 4.64. The first-order valence-corrected chi connectivity index (χ1v) is 10.8. The molecule has 0 aliphatic rings. The minimum atomic E-state index is -0.422. The Morgan fingerprint density at radius 3 is 2.77 bits per heavy atom. The lowest BCUT2D eigenvalue weighted by atomic mass is 10.0. The number of aromatic nitrogens is 3. The van der Waals surface area contributed by atoms with Gasteiger partial charge in [-0.1, -0.05) is 11.3 Å². The zero-order valence-electron chi connectivity index (χ0n) is 16.2. The van der Waals surface area contributed by atoms with Gasteiger partial charge in [-0.3, -0.25) is 14.9 Å². The monoisotopic (exact) mass is 496 g/mol. The van der Waals surface area contributed by atoms with E-state index in [1.165, 1.54) is 21.8 Å². The molecule has 1 aromatic carbocycles. The number of nitrogens with zero attached hydrogens (tertiary/aromatic N) is 4. The van der Waals surface area contributed by atoms with Crippen molar-refractivity contribution in [2.24, 2.45) is 0 Å². The lowest BCUT2D eigenvalue weighted by Crippen LogP contribution is -2.22. The van der Waals surface area contributed by atoms with Gasteiger partial charge in [0.15, 0.2) is 10.6 Å². The van der Waals surface area contributed by atoms with Crippen molar-refractivity contribution in [1.82, 2.24) is 14.4 Å². The van der Waals surface area contributed by atoms with E-state index in [-0.39, 0.29) is 11.2 Å². The summed E-state index contributed by atoms with van der Waals surface area (Å²) in [6.45, 7) is 3.72. The Morgan fingerprint density at radius 2 is 2.00 bits per heavy atom. The molecule has 0 aliphatic heterocycles. The number of benzene rings is 1. The van der Waals surface area contributed by atoms with Gasteiger partial charge < -0.3 is 4.42 Å². The minimum absolute atomic E-state index is 0.0215. The molecule has 0 N–H and O–H groups in total. The van der Waals surface area contributed by atoms with Gasteiger partial charge in [0.05, 0.1) is 10.5 Å². The number of fused-ring (bicyclic) bond motifs is 3. The number of thiazole rings is 1. The van der Waals surface area contributed by atoms with E-state index in [0.717, 1.165) is 15.6 Å². The summed E-state index contributed by atoms with van der Waals surface area (Å²) in [6, 6.07) is 8.44. The Bertz CT molecular complexity index is 1630. The minimum Gasteiger partial charge on any atom is -0.456 e. The Balaban J connectivity index is 1.62. The Hall–Kier alpha value is -3.37. The average molecular weight is 497 g/mol. The van der Waals surface area contributed by atoms with Crippen molar-refractivity contribution in [2.75, 3.05) is 0 Å². The van der Waals surface area contributed by atoms with E-state index in [0.29, 0.717) is 37.7 Å². The summed E-state index contributed by atoms with van der Waals surface area (Å²) >= 11 is 4.58. The topological polar surface area (TPSA) is 104 Å². The van der Waals surface area contributed by atoms with E-state index in [9.17, 15) is 14.9 Å². The van der Waals surface area contributed by atoms with Crippen LogP contribution in [0.2, 0.25) is 0 Å². The predicted molar refractivity (Wildman–Crippen MR) is 121 cm³/mol. The van der Waals surface area contributed by atoms with Gasteiger partial charge in [-0.25, -0.2) is 14.4 Å². The number of nitro benzene ring substituents is 1. The highest BCUT2D eigenvalue weighted by Crippen LogP contribution is 2.33. The number of hydrogen-bond acceptors (Lipinski definition) is 7. The first-order chi connectivity index (χ1) is 14.8. The molecule has 0 saturated heterocycles. The molecule has 8 nitrogen and oxygen atoms in total. The van der Waals surface area contributed by atoms with Gasteiger partial charge in [0, 0.05) is 22.8 Å². The molecule has 5 aromatic rings. The third-order valence-electron chi connectivity index (χ3n) is 5.02. The van der Waals surface area contributed by atoms with E-state index < -0.39 is 4.92 Å². The fourth-order valence-electron chi connectivity index (χ4n) is 3.37. The van der Waals surface area contributed by atoms with E-state index in [4.69, 9.17) is 4.42 Å². The van der Waals surface area contributed by atoms with Crippen molar-refractivity contribution in [3.63, 3.8) is 0 Å². The molecule has 0 bridgehead atoms. The summed E-state index contributed by atoms with van der Waals surface area (Å²) < 4.78 is 8.54. The highest BCUT2D eigenvalue weighted by molar-refractivity contribution is 9.10. The number of rotatable bonds is 3. The Labute approximate surface area is 186 Å². The maximum Gasteiger partial charge on any atom is 0.280 e. The Morgan fingerprint density at radius 1 is 1.23 bits per heavy atom. The van der Waals surface area contributed by atoms with E-state index in [2.05, 4.69) is 25.9 Å². The molecular formula is C21H13BrN4O4S. The van der Waals surface area contributed by atoms with Gasteiger partial charge in [-0.05, 0) is 65.2 Å². The number of halogens is 1. The largest absolute Gasteiger partial charge is 0.456 e. The molecule has 0 atom stereocenters. The van der Waals surface area contributed by atoms with Crippen molar-refractivity contribution in [3.8, 4) is 11.3 Å². The van der Waals surface area contributed by atoms with E-state index in [1.807, 2.05) is 13.8 Å². The molecule has 0 saturated carbocycles. The van der Waals surface area contributed by atoms with Gasteiger partial charge in [0.2, 0.25) is 0 Å². The van der Waals surface area contributed by atoms with Crippen molar-refractivity contribution in [3.05, 3.63) is 82.9 Å². The second kappa shape index (κ2) is 7.10. The zero-order valence-corrected chi connectivity index (χ0v) is 18.7. The van der Waals surface area contributed by atoms with Crippen molar-refractivity contribution < 1.29 is 9.34 Å². The van der Waals surface area contributed by atoms with Crippen LogP contribution in [-0.4, -0.2) is 19.3 Å². The number of aryl methyl sites for hydroxylation is 2. The molecule has 4 aromatic heterocycles. The Kier molecular flexibility index (Phi) is 4.49. The van der Waals surface area contributed by atoms with Crippen LogP contribution in [0.5, 0.6) is 0 Å². The zero-order chi connectivity index (χ0) is 21.9. The van der Waals surface area contributed by atoms with Crippen LogP contribution in [0.1, 0.15) is 16.9 Å². The predicted octanol–water partition coefficient (Wildman–Crippen LogP) is 4.40. The van der Waals surface area contributed by atoms with Crippen LogP contribution in [-0.2, 0) is 0 Å². The van der Waals surface area contributed by atoms with Gasteiger partial charge in [-0.15, -0.1) is 0 Å². The molecule has 5 rings (SSSR count). The summed E-state index contributed by atoms with van der Waals surface area (Å²) in [5.74, 6) is 0.788. The number of pyridine rings is 1. The first kappa shape index (κ1) is 19.6. The highest BCUT2D eigenvalue weighted by atomic mass is 79.9. The molecule has 31 heavy (non-hydrogen) atoms. The second-order valence-electron chi connectivity index (χ2n) is 7.05. The second-order valence-corrected chi connectivity index (χ2v) is 8.98. The lowest BCUT2D eigenvalue weighted by molar-refractivity contribution is -0.384. The quantitative estimate of drug-likeness (QED) is 0.271. The molecular weight excluding hydrogens is 484 g/mol. The number of hydrogen-bond donors (Lipinski definition) is 0. The van der Waals surface area contributed by atoms with E-state index in [1.54, 1.807) is 36.5 Å². The number of nitro groups is 1. The summed E-state index contributed by atoms with van der Waals surface area (Å²) in [7, 11) is 0. The van der Waals surface area contributed by atoms with Crippen LogP contribution >= 0.6 is 27.3 Å². The van der Waals surface area contributed by atoms with Crippen LogP contribution in [0.15, 0.2) is 50.2 Å². The molecule has 0 fully saturated rings. The third-order valence-corrected chi connectivity index (χ3v) is 6.42. The van der Waals surface area contributed by atoms with Crippen molar-refractivity contribution in [1.29, 1.82) is 0 Å². The van der Waals surface area contributed by atoms with Crippen molar-refractivity contribution >= 4 is 55.2 Å². The fraction of sp³-hybridized carbons (Fsp3) is 0.0952. The van der Waals surface area contributed by atoms with Crippen molar-refractivity contribution in [2.45, 2.75) is 13.8 Å². The maximum atomic E-state index is 12.9. The summed E-state index contributed by atoms with van der Waals surface area (Å²) in [5, 5.41) is 11.5. The van der Waals surface area contributed by atoms with Crippen LogP contribution < -0.4 is 10.1 Å². The number of imidazole rings is 1. The molecule has 4 heterocycles. The smallest absolute Gasteiger partial charge is 0.280 e. The van der Waals surface area contributed by atoms with Gasteiger partial charge >= 0.3 is 0 Å². The summed E-state index contributed by atoms with van der Waals surface area (Å²) in [4.78, 5) is 33.3. The maximum absolute atomic E-state index is 12.9. The molecule has 0 radical (unpaired) electrons. The molecule has 0 spiro atoms. The third kappa shape index (κ3) is 3.24. The first-order valence-electron chi connectivity index (χ1n) is 9.16. The molecule has 0 aliphatic carbocycles. The lowest BCUT2D eigenvalue weighted by Gasteiger charge is -2.04. The van der Waals surface area contributed by atoms with Gasteiger partial charge in [-0.2, -0.15) is 0 Å². The van der Waals surface area contributed by atoms with Crippen LogP contribution in [0.25, 0.3) is 33.5 Å². The van der Waals surface area contributed by atoms with Gasteiger partial charge in [0.25, 0.3) is 11.2 Å². The summed E-state index contributed by atoms with van der Waals surface area (Å²) in [6.07, 6.45) is 3.23. The van der Waals surface area contributed by atoms with Crippen LogP contribution in [0, 0.1) is 24.0 Å².